The summed E-state index contributed by atoms with van der Waals surface area (Å²) in [6.07, 6.45) is 51.4. The maximum absolute atomic E-state index is 13.1. The lowest BCUT2D eigenvalue weighted by Crippen LogP contribution is -2.30. The zero-order chi connectivity index (χ0) is 67.9. The van der Waals surface area contributed by atoms with Crippen LogP contribution in [0, 0.1) is 11.8 Å². The second-order valence-corrected chi connectivity index (χ2v) is 30.2. The molecule has 0 aromatic carbocycles. The van der Waals surface area contributed by atoms with Gasteiger partial charge in [0.05, 0.1) is 26.4 Å². The number of aliphatic hydroxyl groups is 1. The number of carbonyl (C=O) groups is 4. The third-order valence-corrected chi connectivity index (χ3v) is 18.9. The van der Waals surface area contributed by atoms with Gasteiger partial charge >= 0.3 is 39.5 Å². The van der Waals surface area contributed by atoms with E-state index in [0.717, 1.165) is 115 Å². The topological polar surface area (TPSA) is 237 Å². The van der Waals surface area contributed by atoms with E-state index >= 15 is 0 Å². The Morgan fingerprint density at radius 2 is 0.500 bits per heavy atom. The van der Waals surface area contributed by atoms with Crippen LogP contribution in [0.2, 0.25) is 0 Å². The van der Waals surface area contributed by atoms with Crippen molar-refractivity contribution >= 4 is 39.5 Å². The van der Waals surface area contributed by atoms with Gasteiger partial charge < -0.3 is 33.8 Å². The van der Waals surface area contributed by atoms with Gasteiger partial charge in [-0.25, -0.2) is 9.13 Å². The molecular weight excluding hydrogens is 1210 g/mol. The minimum atomic E-state index is -4.95. The van der Waals surface area contributed by atoms with Crippen molar-refractivity contribution in [2.24, 2.45) is 11.8 Å². The number of phosphoric ester groups is 2. The second-order valence-electron chi connectivity index (χ2n) is 27.3. The molecule has 0 spiro atoms. The summed E-state index contributed by atoms with van der Waals surface area (Å²) in [4.78, 5) is 72.6. The molecule has 0 fully saturated rings. The number of ether oxygens (including phenoxy) is 4. The van der Waals surface area contributed by atoms with Crippen LogP contribution in [0.15, 0.2) is 0 Å². The van der Waals surface area contributed by atoms with Crippen molar-refractivity contribution in [1.29, 1.82) is 0 Å². The van der Waals surface area contributed by atoms with E-state index < -0.39 is 97.5 Å². The Labute approximate surface area is 562 Å². The number of phosphoric acid groups is 2. The summed E-state index contributed by atoms with van der Waals surface area (Å²) < 4.78 is 68.3. The van der Waals surface area contributed by atoms with Crippen molar-refractivity contribution in [2.75, 3.05) is 39.6 Å². The number of unbranched alkanes of at least 4 members (excludes halogenated alkanes) is 42. The van der Waals surface area contributed by atoms with Crippen LogP contribution in [-0.2, 0) is 65.4 Å². The van der Waals surface area contributed by atoms with E-state index in [9.17, 15) is 43.2 Å². The van der Waals surface area contributed by atoms with E-state index in [2.05, 4.69) is 41.5 Å². The highest BCUT2D eigenvalue weighted by Gasteiger charge is 2.30. The Bertz CT molecular complexity index is 1790. The van der Waals surface area contributed by atoms with E-state index in [4.69, 9.17) is 37.0 Å². The van der Waals surface area contributed by atoms with Gasteiger partial charge in [-0.1, -0.05) is 324 Å². The SMILES string of the molecule is CCCCCCCCCCCCCCCC(=O)O[C@H](COC(=O)CCCCCCCCC)COP(=O)(O)OC[C@H](O)COP(=O)(O)OC[C@@H](COC(=O)CCCCCCCCCCCCCCC(C)C)OC(=O)CCCCCCCCCCCCCCCCC(C)C. The monoisotopic (exact) mass is 1350 g/mol. The first kappa shape index (κ1) is 90.1. The van der Waals surface area contributed by atoms with E-state index in [0.29, 0.717) is 25.7 Å². The Kier molecular flexibility index (Phi) is 63.7. The number of esters is 4. The van der Waals surface area contributed by atoms with Crippen LogP contribution in [0.4, 0.5) is 0 Å². The molecule has 0 aliphatic carbocycles. The Morgan fingerprint density at radius 3 is 0.739 bits per heavy atom. The van der Waals surface area contributed by atoms with Gasteiger partial charge in [0.2, 0.25) is 0 Å². The van der Waals surface area contributed by atoms with Gasteiger partial charge in [-0.3, -0.25) is 37.3 Å². The zero-order valence-electron chi connectivity index (χ0n) is 59.9. The van der Waals surface area contributed by atoms with Crippen LogP contribution in [0.1, 0.15) is 375 Å². The fourth-order valence-electron chi connectivity index (χ4n) is 11.1. The molecule has 5 atom stereocenters. The summed E-state index contributed by atoms with van der Waals surface area (Å²) in [7, 11) is -9.90. The first-order chi connectivity index (χ1) is 44.4. The predicted molar refractivity (Wildman–Crippen MR) is 372 cm³/mol. The normalized spacial score (nSPS) is 14.1. The number of rotatable bonds is 72. The maximum atomic E-state index is 13.1. The first-order valence-corrected chi connectivity index (χ1v) is 41.0. The summed E-state index contributed by atoms with van der Waals surface area (Å²) in [6, 6.07) is 0. The van der Waals surface area contributed by atoms with Crippen molar-refractivity contribution in [3.63, 3.8) is 0 Å². The Hall–Kier alpha value is -1.94. The molecule has 546 valence electrons. The van der Waals surface area contributed by atoms with E-state index in [1.807, 2.05) is 0 Å². The van der Waals surface area contributed by atoms with Gasteiger partial charge in [-0.05, 0) is 37.5 Å². The number of hydrogen-bond donors (Lipinski definition) is 3. The molecule has 92 heavy (non-hydrogen) atoms. The summed E-state index contributed by atoms with van der Waals surface area (Å²) in [6.45, 7) is 9.57. The quantitative estimate of drug-likeness (QED) is 0.0222. The Balaban J connectivity index is 5.20. The number of hydrogen-bond acceptors (Lipinski definition) is 15. The first-order valence-electron chi connectivity index (χ1n) is 38.0. The van der Waals surface area contributed by atoms with Crippen molar-refractivity contribution < 1.29 is 80.2 Å². The smallest absolute Gasteiger partial charge is 0.462 e. The molecule has 0 bridgehead atoms. The van der Waals surface area contributed by atoms with Crippen LogP contribution in [0.25, 0.3) is 0 Å². The van der Waals surface area contributed by atoms with Gasteiger partial charge in [0, 0.05) is 25.7 Å². The summed E-state index contributed by atoms with van der Waals surface area (Å²) in [5.74, 6) is -0.545. The molecule has 0 saturated carbocycles. The van der Waals surface area contributed by atoms with Gasteiger partial charge in [0.1, 0.15) is 19.3 Å². The molecule has 0 heterocycles. The zero-order valence-corrected chi connectivity index (χ0v) is 61.6. The van der Waals surface area contributed by atoms with Gasteiger partial charge in [-0.15, -0.1) is 0 Å². The number of aliphatic hydroxyl groups excluding tert-OH is 1. The Morgan fingerprint density at radius 1 is 0.293 bits per heavy atom. The van der Waals surface area contributed by atoms with Gasteiger partial charge in [0.25, 0.3) is 0 Å². The van der Waals surface area contributed by atoms with E-state index in [1.54, 1.807) is 0 Å². The molecule has 0 radical (unpaired) electrons. The van der Waals surface area contributed by atoms with Crippen LogP contribution in [0.5, 0.6) is 0 Å². The molecule has 0 saturated heterocycles. The van der Waals surface area contributed by atoms with Crippen molar-refractivity contribution in [3.8, 4) is 0 Å². The van der Waals surface area contributed by atoms with E-state index in [-0.39, 0.29) is 25.7 Å². The standard InChI is InChI=1S/C73H142O17P2/c1-7-9-11-13-15-16-17-20-28-33-39-45-51-57-72(77)89-68(61-83-70(75)55-49-43-35-14-12-10-8-2)63-87-91(79,80)85-59-67(74)60-86-92(81,82)88-64-69(62-84-71(76)56-50-44-38-32-27-24-23-26-31-37-42-48-54-66(5)6)90-73(78)58-52-46-40-34-29-22-19-18-21-25-30-36-41-47-53-65(3)4/h65-69,74H,7-64H2,1-6H3,(H,79,80)(H,81,82)/t67-,68+,69+/m0/s1. The maximum Gasteiger partial charge on any atom is 0.472 e. The molecule has 0 rings (SSSR count). The molecule has 0 aromatic rings. The molecule has 3 N–H and O–H groups in total. The largest absolute Gasteiger partial charge is 0.472 e. The molecule has 17 nitrogen and oxygen atoms in total. The third kappa shape index (κ3) is 66.7. The van der Waals surface area contributed by atoms with Crippen molar-refractivity contribution in [1.82, 2.24) is 0 Å². The molecule has 0 aliphatic heterocycles. The van der Waals surface area contributed by atoms with Crippen molar-refractivity contribution in [3.05, 3.63) is 0 Å². The van der Waals surface area contributed by atoms with Crippen LogP contribution in [0.3, 0.4) is 0 Å². The van der Waals surface area contributed by atoms with Crippen LogP contribution in [-0.4, -0.2) is 96.7 Å². The van der Waals surface area contributed by atoms with Gasteiger partial charge in [-0.2, -0.15) is 0 Å². The highest BCUT2D eigenvalue weighted by molar-refractivity contribution is 7.47. The molecule has 0 amide bonds. The molecule has 0 aromatic heterocycles. The predicted octanol–water partition coefficient (Wildman–Crippen LogP) is 21.2. The summed E-state index contributed by atoms with van der Waals surface area (Å²) in [5, 5.41) is 10.6. The summed E-state index contributed by atoms with van der Waals surface area (Å²) in [5.41, 5.74) is 0. The van der Waals surface area contributed by atoms with Gasteiger partial charge in [0.15, 0.2) is 12.2 Å². The molecule has 0 aliphatic rings. The van der Waals surface area contributed by atoms with Crippen molar-refractivity contribution in [2.45, 2.75) is 394 Å². The number of carbonyl (C=O) groups excluding carboxylic acids is 4. The lowest BCUT2D eigenvalue weighted by molar-refractivity contribution is -0.161. The second kappa shape index (κ2) is 65.0. The fraction of sp³-hybridized carbons (Fsp3) is 0.945. The average Bonchev–Trinajstić information content (AvgIpc) is 2.56. The molecular formula is C73H142O17P2. The summed E-state index contributed by atoms with van der Waals surface area (Å²) >= 11 is 0. The molecule has 19 heteroatoms. The van der Waals surface area contributed by atoms with E-state index in [1.165, 1.54) is 180 Å². The third-order valence-electron chi connectivity index (χ3n) is 17.0. The average molecular weight is 1350 g/mol. The van der Waals surface area contributed by atoms with Crippen LogP contribution < -0.4 is 0 Å². The minimum Gasteiger partial charge on any atom is -0.462 e. The highest BCUT2D eigenvalue weighted by atomic mass is 31.2. The highest BCUT2D eigenvalue weighted by Crippen LogP contribution is 2.45. The minimum absolute atomic E-state index is 0.107. The molecule has 2 unspecified atom stereocenters. The lowest BCUT2D eigenvalue weighted by atomic mass is 10.0. The lowest BCUT2D eigenvalue weighted by Gasteiger charge is -2.21. The fourth-order valence-corrected chi connectivity index (χ4v) is 12.7. The van der Waals surface area contributed by atoms with Crippen LogP contribution >= 0.6 is 15.6 Å².